The highest BCUT2D eigenvalue weighted by Gasteiger charge is 2.22. The predicted octanol–water partition coefficient (Wildman–Crippen LogP) is 2.35. The van der Waals surface area contributed by atoms with Crippen molar-refractivity contribution < 1.29 is 14.3 Å². The molecule has 2 amide bonds. The molecule has 0 aliphatic carbocycles. The van der Waals surface area contributed by atoms with Gasteiger partial charge in [-0.1, -0.05) is 11.6 Å². The Bertz CT molecular complexity index is 484. The zero-order valence-electron chi connectivity index (χ0n) is 11.7. The number of ether oxygens (including phenoxy) is 1. The maximum absolute atomic E-state index is 11.7. The summed E-state index contributed by atoms with van der Waals surface area (Å²) < 4.78 is 5.28. The fourth-order valence-electron chi connectivity index (χ4n) is 2.12. The minimum atomic E-state index is -0.312. The van der Waals surface area contributed by atoms with Crippen LogP contribution in [0.4, 0.5) is 5.69 Å². The topological polar surface area (TPSA) is 67.4 Å². The summed E-state index contributed by atoms with van der Waals surface area (Å²) >= 11 is 5.77. The maximum atomic E-state index is 11.7. The summed E-state index contributed by atoms with van der Waals surface area (Å²) in [4.78, 5) is 23.4. The second kappa shape index (κ2) is 8.00. The van der Waals surface area contributed by atoms with Crippen molar-refractivity contribution in [3.63, 3.8) is 0 Å². The van der Waals surface area contributed by atoms with Gasteiger partial charge in [0.2, 0.25) is 11.8 Å². The van der Waals surface area contributed by atoms with E-state index in [2.05, 4.69) is 10.6 Å². The van der Waals surface area contributed by atoms with Gasteiger partial charge in [-0.05, 0) is 43.5 Å². The van der Waals surface area contributed by atoms with E-state index in [0.29, 0.717) is 36.7 Å². The molecule has 0 saturated carbocycles. The number of halogens is 1. The average molecular weight is 311 g/mol. The van der Waals surface area contributed by atoms with Gasteiger partial charge in [-0.3, -0.25) is 9.59 Å². The highest BCUT2D eigenvalue weighted by molar-refractivity contribution is 6.30. The minimum absolute atomic E-state index is 0.0781. The number of hydrogen-bond acceptors (Lipinski definition) is 3. The van der Waals surface area contributed by atoms with Crippen LogP contribution < -0.4 is 10.6 Å². The van der Waals surface area contributed by atoms with Gasteiger partial charge in [0.25, 0.3) is 0 Å². The molecule has 1 aliphatic heterocycles. The van der Waals surface area contributed by atoms with Crippen LogP contribution in [0.3, 0.4) is 0 Å². The molecule has 0 unspecified atom stereocenters. The summed E-state index contributed by atoms with van der Waals surface area (Å²) in [7, 11) is 0. The standard InChI is InChI=1S/C15H19ClN2O3/c16-11-5-7-12(8-6-11)18-14(19)4-1-9-17-15(20)13-3-2-10-21-13/h5-8,13H,1-4,9-10H2,(H,17,20)(H,18,19)/t13-/m1/s1. The number of amides is 2. The average Bonchev–Trinajstić information content (AvgIpc) is 3.00. The van der Waals surface area contributed by atoms with Crippen LogP contribution in [-0.4, -0.2) is 31.1 Å². The van der Waals surface area contributed by atoms with Crippen LogP contribution in [0.1, 0.15) is 25.7 Å². The second-order valence-corrected chi connectivity index (χ2v) is 5.39. The lowest BCUT2D eigenvalue weighted by Gasteiger charge is -2.10. The first kappa shape index (κ1) is 15.8. The first-order valence-electron chi connectivity index (χ1n) is 7.10. The summed E-state index contributed by atoms with van der Waals surface area (Å²) in [5.74, 6) is -0.158. The van der Waals surface area contributed by atoms with Gasteiger partial charge >= 0.3 is 0 Å². The van der Waals surface area contributed by atoms with Gasteiger partial charge < -0.3 is 15.4 Å². The lowest BCUT2D eigenvalue weighted by molar-refractivity contribution is -0.130. The van der Waals surface area contributed by atoms with Crippen molar-refractivity contribution in [1.29, 1.82) is 0 Å². The van der Waals surface area contributed by atoms with E-state index in [4.69, 9.17) is 16.3 Å². The van der Waals surface area contributed by atoms with Crippen LogP contribution in [0.5, 0.6) is 0 Å². The quantitative estimate of drug-likeness (QED) is 0.793. The number of rotatable bonds is 6. The Morgan fingerprint density at radius 3 is 2.71 bits per heavy atom. The Morgan fingerprint density at radius 1 is 1.29 bits per heavy atom. The Labute approximate surface area is 129 Å². The van der Waals surface area contributed by atoms with Gasteiger partial charge in [-0.25, -0.2) is 0 Å². The molecule has 1 atom stereocenters. The summed E-state index contributed by atoms with van der Waals surface area (Å²) in [5, 5.41) is 6.20. The van der Waals surface area contributed by atoms with Crippen LogP contribution >= 0.6 is 11.6 Å². The largest absolute Gasteiger partial charge is 0.368 e. The number of benzene rings is 1. The SMILES string of the molecule is O=C(CCCNC(=O)[C@H]1CCCO1)Nc1ccc(Cl)cc1. The van der Waals surface area contributed by atoms with Gasteiger partial charge in [-0.15, -0.1) is 0 Å². The van der Waals surface area contributed by atoms with E-state index in [0.717, 1.165) is 12.8 Å². The molecule has 0 radical (unpaired) electrons. The molecule has 1 fully saturated rings. The van der Waals surface area contributed by atoms with Crippen LogP contribution in [0.15, 0.2) is 24.3 Å². The van der Waals surface area contributed by atoms with Gasteiger partial charge in [0.1, 0.15) is 6.10 Å². The van der Waals surface area contributed by atoms with Crippen LogP contribution in [0.25, 0.3) is 0 Å². The molecular weight excluding hydrogens is 292 g/mol. The van der Waals surface area contributed by atoms with Gasteiger partial charge in [-0.2, -0.15) is 0 Å². The molecular formula is C15H19ClN2O3. The number of anilines is 1. The van der Waals surface area contributed by atoms with E-state index in [1.165, 1.54) is 0 Å². The van der Waals surface area contributed by atoms with Crippen molar-refractivity contribution in [2.24, 2.45) is 0 Å². The van der Waals surface area contributed by atoms with Gasteiger partial charge in [0, 0.05) is 30.3 Å². The Morgan fingerprint density at radius 2 is 2.05 bits per heavy atom. The third-order valence-corrected chi connectivity index (χ3v) is 3.48. The lowest BCUT2D eigenvalue weighted by Crippen LogP contribution is -2.34. The summed E-state index contributed by atoms with van der Waals surface area (Å²) in [6, 6.07) is 6.94. The molecule has 6 heteroatoms. The zero-order valence-corrected chi connectivity index (χ0v) is 12.5. The Hall–Kier alpha value is -1.59. The number of nitrogens with one attached hydrogen (secondary N) is 2. The Kier molecular flexibility index (Phi) is 6.02. The molecule has 0 aromatic heterocycles. The second-order valence-electron chi connectivity index (χ2n) is 4.95. The maximum Gasteiger partial charge on any atom is 0.249 e. The van der Waals surface area contributed by atoms with Crippen molar-refractivity contribution >= 4 is 29.1 Å². The Balaban J connectivity index is 1.60. The fraction of sp³-hybridized carbons (Fsp3) is 0.467. The van der Waals surface area contributed by atoms with Gasteiger partial charge in [0.05, 0.1) is 0 Å². The molecule has 0 spiro atoms. The lowest BCUT2D eigenvalue weighted by atomic mass is 10.2. The normalized spacial score (nSPS) is 17.5. The molecule has 21 heavy (non-hydrogen) atoms. The molecule has 0 bridgehead atoms. The van der Waals surface area contributed by atoms with E-state index >= 15 is 0 Å². The first-order valence-corrected chi connectivity index (χ1v) is 7.47. The molecule has 1 saturated heterocycles. The number of carbonyl (C=O) groups excluding carboxylic acids is 2. The summed E-state index contributed by atoms with van der Waals surface area (Å²) in [6.45, 7) is 1.13. The monoisotopic (exact) mass is 310 g/mol. The summed E-state index contributed by atoms with van der Waals surface area (Å²) in [5.41, 5.74) is 0.716. The van der Waals surface area contributed by atoms with Crippen molar-refractivity contribution in [2.75, 3.05) is 18.5 Å². The van der Waals surface area contributed by atoms with Crippen molar-refractivity contribution in [3.8, 4) is 0 Å². The highest BCUT2D eigenvalue weighted by atomic mass is 35.5. The fourth-order valence-corrected chi connectivity index (χ4v) is 2.24. The van der Waals surface area contributed by atoms with E-state index in [-0.39, 0.29) is 17.9 Å². The van der Waals surface area contributed by atoms with Crippen molar-refractivity contribution in [1.82, 2.24) is 5.32 Å². The molecule has 5 nitrogen and oxygen atoms in total. The van der Waals surface area contributed by atoms with Crippen molar-refractivity contribution in [2.45, 2.75) is 31.8 Å². The van der Waals surface area contributed by atoms with Gasteiger partial charge in [0.15, 0.2) is 0 Å². The minimum Gasteiger partial charge on any atom is -0.368 e. The smallest absolute Gasteiger partial charge is 0.249 e. The number of carbonyl (C=O) groups is 2. The van der Waals surface area contributed by atoms with E-state index in [1.807, 2.05) is 0 Å². The van der Waals surface area contributed by atoms with Crippen LogP contribution in [0.2, 0.25) is 5.02 Å². The zero-order chi connectivity index (χ0) is 15.1. The molecule has 1 aromatic carbocycles. The predicted molar refractivity (Wildman–Crippen MR) is 81.3 cm³/mol. The molecule has 2 N–H and O–H groups in total. The van der Waals surface area contributed by atoms with E-state index < -0.39 is 0 Å². The highest BCUT2D eigenvalue weighted by Crippen LogP contribution is 2.14. The molecule has 1 heterocycles. The molecule has 1 aliphatic rings. The van der Waals surface area contributed by atoms with Crippen molar-refractivity contribution in [3.05, 3.63) is 29.3 Å². The molecule has 2 rings (SSSR count). The summed E-state index contributed by atoms with van der Waals surface area (Å²) in [6.07, 6.45) is 2.35. The van der Waals surface area contributed by atoms with E-state index in [1.54, 1.807) is 24.3 Å². The van der Waals surface area contributed by atoms with Crippen LogP contribution in [-0.2, 0) is 14.3 Å². The van der Waals surface area contributed by atoms with E-state index in [9.17, 15) is 9.59 Å². The molecule has 114 valence electrons. The number of hydrogen-bond donors (Lipinski definition) is 2. The molecule has 1 aromatic rings. The third kappa shape index (κ3) is 5.36. The first-order chi connectivity index (χ1) is 10.1. The van der Waals surface area contributed by atoms with Crippen LogP contribution in [0, 0.1) is 0 Å². The third-order valence-electron chi connectivity index (χ3n) is 3.23.